The Morgan fingerprint density at radius 2 is 2.04 bits per heavy atom. The van der Waals surface area contributed by atoms with E-state index < -0.39 is 6.10 Å². The lowest BCUT2D eigenvalue weighted by molar-refractivity contribution is 0.0933. The van der Waals surface area contributed by atoms with Gasteiger partial charge in [0.15, 0.2) is 11.5 Å². The molecular formula is C18H17N3O3. The van der Waals surface area contributed by atoms with Crippen molar-refractivity contribution in [2.24, 2.45) is 0 Å². The Balaban J connectivity index is 1.53. The normalized spacial score (nSPS) is 11.9. The number of aliphatic hydroxyl groups excluding tert-OH is 1. The summed E-state index contributed by atoms with van der Waals surface area (Å²) in [5.74, 6) is 0.145. The molecule has 0 aliphatic rings. The van der Waals surface area contributed by atoms with Crippen LogP contribution in [0.2, 0.25) is 0 Å². The largest absolute Gasteiger partial charge is 0.388 e. The van der Waals surface area contributed by atoms with Gasteiger partial charge in [-0.2, -0.15) is 0 Å². The highest BCUT2D eigenvalue weighted by Crippen LogP contribution is 2.19. The third kappa shape index (κ3) is 3.85. The molecule has 0 spiro atoms. The fraction of sp³-hybridized carbons (Fsp3) is 0.167. The lowest BCUT2D eigenvalue weighted by Gasteiger charge is -2.10. The minimum atomic E-state index is -0.616. The predicted octanol–water partition coefficient (Wildman–Crippen LogP) is 2.59. The molecule has 122 valence electrons. The summed E-state index contributed by atoms with van der Waals surface area (Å²) >= 11 is 0. The molecule has 0 saturated heterocycles. The van der Waals surface area contributed by atoms with Crippen molar-refractivity contribution in [2.45, 2.75) is 12.5 Å². The Bertz CT molecular complexity index is 788. The van der Waals surface area contributed by atoms with E-state index >= 15 is 0 Å². The molecule has 0 fully saturated rings. The molecule has 2 N–H and O–H groups in total. The van der Waals surface area contributed by atoms with Crippen LogP contribution >= 0.6 is 0 Å². The van der Waals surface area contributed by atoms with Crippen LogP contribution < -0.4 is 5.32 Å². The van der Waals surface area contributed by atoms with E-state index in [1.165, 1.54) is 0 Å². The molecule has 3 rings (SSSR count). The number of pyridine rings is 1. The molecule has 3 aromatic rings. The van der Waals surface area contributed by atoms with E-state index in [0.29, 0.717) is 18.7 Å². The Labute approximate surface area is 139 Å². The molecule has 1 aromatic carbocycles. The zero-order valence-electron chi connectivity index (χ0n) is 12.9. The molecule has 6 nitrogen and oxygen atoms in total. The van der Waals surface area contributed by atoms with Crippen molar-refractivity contribution >= 4 is 5.91 Å². The van der Waals surface area contributed by atoms with Crippen LogP contribution in [-0.4, -0.2) is 27.7 Å². The first kappa shape index (κ1) is 15.9. The summed E-state index contributed by atoms with van der Waals surface area (Å²) < 4.78 is 5.17. The van der Waals surface area contributed by atoms with Crippen LogP contribution in [0.4, 0.5) is 0 Å². The monoisotopic (exact) mass is 323 g/mol. The maximum absolute atomic E-state index is 12.1. The number of hydrogen-bond acceptors (Lipinski definition) is 5. The van der Waals surface area contributed by atoms with E-state index in [1.54, 1.807) is 24.5 Å². The highest BCUT2D eigenvalue weighted by Gasteiger charge is 2.14. The fourth-order valence-electron chi connectivity index (χ4n) is 2.28. The van der Waals surface area contributed by atoms with Gasteiger partial charge in [-0.25, -0.2) is 0 Å². The topological polar surface area (TPSA) is 88.2 Å². The zero-order valence-corrected chi connectivity index (χ0v) is 12.9. The van der Waals surface area contributed by atoms with Gasteiger partial charge in [-0.1, -0.05) is 35.5 Å². The highest BCUT2D eigenvalue weighted by atomic mass is 16.5. The highest BCUT2D eigenvalue weighted by molar-refractivity contribution is 5.93. The SMILES string of the molecule is O=C(NCCC(O)c1ccccc1)c1cc(-c2cccnc2)on1. The number of rotatable bonds is 6. The number of carbonyl (C=O) groups is 1. The average Bonchev–Trinajstić information content (AvgIpc) is 3.13. The summed E-state index contributed by atoms with van der Waals surface area (Å²) in [6.45, 7) is 0.337. The van der Waals surface area contributed by atoms with E-state index in [-0.39, 0.29) is 11.6 Å². The second kappa shape index (κ2) is 7.52. The molecule has 0 aliphatic heterocycles. The first-order valence-corrected chi connectivity index (χ1v) is 7.62. The van der Waals surface area contributed by atoms with Crippen molar-refractivity contribution in [3.63, 3.8) is 0 Å². The molecule has 2 heterocycles. The molecule has 1 unspecified atom stereocenters. The van der Waals surface area contributed by atoms with Gasteiger partial charge >= 0.3 is 0 Å². The molecule has 24 heavy (non-hydrogen) atoms. The summed E-state index contributed by atoms with van der Waals surface area (Å²) in [4.78, 5) is 16.1. The van der Waals surface area contributed by atoms with Gasteiger partial charge in [0, 0.05) is 30.6 Å². The number of benzene rings is 1. The van der Waals surface area contributed by atoms with Crippen molar-refractivity contribution in [1.82, 2.24) is 15.5 Å². The lowest BCUT2D eigenvalue weighted by atomic mass is 10.1. The van der Waals surface area contributed by atoms with Crippen molar-refractivity contribution in [3.8, 4) is 11.3 Å². The molecule has 1 atom stereocenters. The first-order chi connectivity index (χ1) is 11.7. The maximum atomic E-state index is 12.1. The smallest absolute Gasteiger partial charge is 0.273 e. The minimum Gasteiger partial charge on any atom is -0.388 e. The van der Waals surface area contributed by atoms with Gasteiger partial charge < -0.3 is 14.9 Å². The second-order valence-electron chi connectivity index (χ2n) is 5.29. The van der Waals surface area contributed by atoms with Crippen molar-refractivity contribution in [1.29, 1.82) is 0 Å². The van der Waals surface area contributed by atoms with Gasteiger partial charge in [-0.3, -0.25) is 9.78 Å². The van der Waals surface area contributed by atoms with E-state index in [4.69, 9.17) is 4.52 Å². The first-order valence-electron chi connectivity index (χ1n) is 7.62. The molecule has 1 amide bonds. The Morgan fingerprint density at radius 1 is 1.21 bits per heavy atom. The van der Waals surface area contributed by atoms with Crippen molar-refractivity contribution in [2.75, 3.05) is 6.54 Å². The second-order valence-corrected chi connectivity index (χ2v) is 5.29. The molecule has 0 radical (unpaired) electrons. The summed E-state index contributed by atoms with van der Waals surface area (Å²) in [6.07, 6.45) is 3.10. The molecule has 0 aliphatic carbocycles. The Kier molecular flexibility index (Phi) is 4.98. The number of amides is 1. The molecule has 6 heteroatoms. The number of aliphatic hydroxyl groups is 1. The summed E-state index contributed by atoms with van der Waals surface area (Å²) in [5.41, 5.74) is 1.78. The number of hydrogen-bond donors (Lipinski definition) is 2. The molecule has 2 aromatic heterocycles. The van der Waals surface area contributed by atoms with E-state index in [0.717, 1.165) is 11.1 Å². The maximum Gasteiger partial charge on any atom is 0.273 e. The molecular weight excluding hydrogens is 306 g/mol. The number of nitrogens with zero attached hydrogens (tertiary/aromatic N) is 2. The third-order valence-corrected chi connectivity index (χ3v) is 3.58. The van der Waals surface area contributed by atoms with Crippen molar-refractivity contribution in [3.05, 3.63) is 72.2 Å². The van der Waals surface area contributed by atoms with E-state index in [1.807, 2.05) is 36.4 Å². The van der Waals surface area contributed by atoms with E-state index in [2.05, 4.69) is 15.5 Å². The average molecular weight is 323 g/mol. The number of carbonyl (C=O) groups excluding carboxylic acids is 1. The van der Waals surface area contributed by atoms with Gasteiger partial charge in [0.05, 0.1) is 6.10 Å². The third-order valence-electron chi connectivity index (χ3n) is 3.58. The van der Waals surface area contributed by atoms with Crippen LogP contribution in [0.1, 0.15) is 28.6 Å². The zero-order chi connectivity index (χ0) is 16.8. The van der Waals surface area contributed by atoms with Crippen LogP contribution in [0.15, 0.2) is 65.4 Å². The Hall–Kier alpha value is -2.99. The molecule has 0 bridgehead atoms. The Morgan fingerprint density at radius 3 is 2.79 bits per heavy atom. The minimum absolute atomic E-state index is 0.197. The van der Waals surface area contributed by atoms with Crippen LogP contribution in [0.3, 0.4) is 0 Å². The number of aromatic nitrogens is 2. The van der Waals surface area contributed by atoms with Gasteiger partial charge in [-0.15, -0.1) is 0 Å². The van der Waals surface area contributed by atoms with Gasteiger partial charge in [-0.05, 0) is 24.1 Å². The van der Waals surface area contributed by atoms with Crippen molar-refractivity contribution < 1.29 is 14.4 Å². The van der Waals surface area contributed by atoms with Crippen LogP contribution in [0.5, 0.6) is 0 Å². The van der Waals surface area contributed by atoms with Crippen LogP contribution in [0.25, 0.3) is 11.3 Å². The predicted molar refractivity (Wildman–Crippen MR) is 88.1 cm³/mol. The van der Waals surface area contributed by atoms with Gasteiger partial charge in [0.1, 0.15) is 0 Å². The van der Waals surface area contributed by atoms with Gasteiger partial charge in [0.2, 0.25) is 0 Å². The summed E-state index contributed by atoms with van der Waals surface area (Å²) in [7, 11) is 0. The summed E-state index contributed by atoms with van der Waals surface area (Å²) in [6, 6.07) is 14.5. The van der Waals surface area contributed by atoms with E-state index in [9.17, 15) is 9.90 Å². The standard InChI is InChI=1S/C18H17N3O3/c22-16(13-5-2-1-3-6-13)8-10-20-18(23)15-11-17(24-21-15)14-7-4-9-19-12-14/h1-7,9,11-12,16,22H,8,10H2,(H,20,23). The fourth-order valence-corrected chi connectivity index (χ4v) is 2.28. The quantitative estimate of drug-likeness (QED) is 0.728. The lowest BCUT2D eigenvalue weighted by Crippen LogP contribution is -2.25. The van der Waals surface area contributed by atoms with Gasteiger partial charge in [0.25, 0.3) is 5.91 Å². The summed E-state index contributed by atoms with van der Waals surface area (Å²) in [5, 5.41) is 16.6. The number of nitrogens with one attached hydrogen (secondary N) is 1. The van der Waals surface area contributed by atoms with Crippen LogP contribution in [0, 0.1) is 0 Å². The van der Waals surface area contributed by atoms with Crippen LogP contribution in [-0.2, 0) is 0 Å². The molecule has 0 saturated carbocycles.